The molecule has 108 valence electrons. The number of nitrogens with zero attached hydrogens (tertiary/aromatic N) is 3. The number of carbonyl (C=O) groups is 1. The van der Waals surface area contributed by atoms with E-state index in [1.54, 1.807) is 12.1 Å². The third-order valence-electron chi connectivity index (χ3n) is 3.75. The summed E-state index contributed by atoms with van der Waals surface area (Å²) in [5, 5.41) is 11.5. The second-order valence-corrected chi connectivity index (χ2v) is 4.97. The van der Waals surface area contributed by atoms with E-state index in [0.29, 0.717) is 17.3 Å². The maximum absolute atomic E-state index is 12.5. The molecule has 20 heavy (non-hydrogen) atoms. The highest BCUT2D eigenvalue weighted by molar-refractivity contribution is 5.98. The maximum Gasteiger partial charge on any atom is 0.272 e. The summed E-state index contributed by atoms with van der Waals surface area (Å²) in [6.45, 7) is 2.90. The summed E-state index contributed by atoms with van der Waals surface area (Å²) in [7, 11) is 0. The van der Waals surface area contributed by atoms with Crippen LogP contribution >= 0.6 is 0 Å². The zero-order chi connectivity index (χ0) is 14.5. The second kappa shape index (κ2) is 6.36. The fourth-order valence-corrected chi connectivity index (χ4v) is 2.57. The predicted octanol–water partition coefficient (Wildman–Crippen LogP) is 1.58. The predicted molar refractivity (Wildman–Crippen MR) is 75.7 cm³/mol. The van der Waals surface area contributed by atoms with Crippen molar-refractivity contribution in [1.82, 2.24) is 9.88 Å². The first-order chi connectivity index (χ1) is 9.67. The largest absolute Gasteiger partial charge is 0.409 e. The van der Waals surface area contributed by atoms with E-state index in [1.165, 1.54) is 12.6 Å². The van der Waals surface area contributed by atoms with Crippen molar-refractivity contribution in [2.75, 3.05) is 6.54 Å². The van der Waals surface area contributed by atoms with Gasteiger partial charge in [-0.05, 0) is 37.8 Å². The summed E-state index contributed by atoms with van der Waals surface area (Å²) in [5.74, 6) is -0.0523. The third-order valence-corrected chi connectivity index (χ3v) is 3.75. The lowest BCUT2D eigenvalue weighted by atomic mass is 9.99. The Morgan fingerprint density at radius 1 is 1.55 bits per heavy atom. The van der Waals surface area contributed by atoms with Crippen LogP contribution < -0.4 is 5.73 Å². The van der Waals surface area contributed by atoms with Gasteiger partial charge in [0.2, 0.25) is 0 Å². The molecular formula is C14H20N4O2. The number of carbonyl (C=O) groups excluding carboxylic acids is 1. The van der Waals surface area contributed by atoms with Crippen molar-refractivity contribution in [1.29, 1.82) is 0 Å². The molecule has 1 atom stereocenters. The molecule has 1 aliphatic rings. The Morgan fingerprint density at radius 2 is 2.35 bits per heavy atom. The standard InChI is InChI=1S/C14H20N4O2/c1-2-11-5-3-4-8-18(11)14(19)12-7-6-10(9-16-12)13(15)17-20/h6-7,9,11,20H,2-5,8H2,1H3,(H2,15,17). The Balaban J connectivity index is 2.16. The molecule has 6 heteroatoms. The molecule has 2 rings (SSSR count). The number of amidine groups is 1. The summed E-state index contributed by atoms with van der Waals surface area (Å²) in [4.78, 5) is 18.5. The topological polar surface area (TPSA) is 91.8 Å². The Hall–Kier alpha value is -2.11. The summed E-state index contributed by atoms with van der Waals surface area (Å²) in [6.07, 6.45) is 5.70. The molecule has 1 aromatic heterocycles. The van der Waals surface area contributed by atoms with Gasteiger partial charge in [0.25, 0.3) is 5.91 Å². The first-order valence-corrected chi connectivity index (χ1v) is 6.92. The van der Waals surface area contributed by atoms with Gasteiger partial charge in [0, 0.05) is 24.3 Å². The highest BCUT2D eigenvalue weighted by atomic mass is 16.4. The van der Waals surface area contributed by atoms with Gasteiger partial charge in [-0.25, -0.2) is 0 Å². The molecule has 3 N–H and O–H groups in total. The fourth-order valence-electron chi connectivity index (χ4n) is 2.57. The summed E-state index contributed by atoms with van der Waals surface area (Å²) >= 11 is 0. The molecule has 6 nitrogen and oxygen atoms in total. The number of nitrogens with two attached hydrogens (primary N) is 1. The molecule has 1 unspecified atom stereocenters. The van der Waals surface area contributed by atoms with Crippen LogP contribution in [0.1, 0.15) is 48.7 Å². The molecule has 0 aromatic carbocycles. The average Bonchev–Trinajstić information content (AvgIpc) is 2.53. The number of piperidine rings is 1. The van der Waals surface area contributed by atoms with Crippen molar-refractivity contribution in [2.45, 2.75) is 38.6 Å². The lowest BCUT2D eigenvalue weighted by molar-refractivity contribution is 0.0602. The van der Waals surface area contributed by atoms with Crippen LogP contribution in [0.5, 0.6) is 0 Å². The average molecular weight is 276 g/mol. The monoisotopic (exact) mass is 276 g/mol. The normalized spacial score (nSPS) is 19.9. The number of oxime groups is 1. The van der Waals surface area contributed by atoms with E-state index in [2.05, 4.69) is 17.1 Å². The van der Waals surface area contributed by atoms with Crippen molar-refractivity contribution >= 4 is 11.7 Å². The molecule has 0 saturated carbocycles. The lowest BCUT2D eigenvalue weighted by Gasteiger charge is -2.35. The Bertz CT molecular complexity index is 498. The number of hydrogen-bond donors (Lipinski definition) is 2. The van der Waals surface area contributed by atoms with Gasteiger partial charge < -0.3 is 15.8 Å². The first-order valence-electron chi connectivity index (χ1n) is 6.92. The van der Waals surface area contributed by atoms with Gasteiger partial charge in [0.15, 0.2) is 5.84 Å². The minimum absolute atomic E-state index is 0.0130. The number of rotatable bonds is 3. The highest BCUT2D eigenvalue weighted by Gasteiger charge is 2.26. The zero-order valence-corrected chi connectivity index (χ0v) is 11.6. The quantitative estimate of drug-likeness (QED) is 0.379. The molecular weight excluding hydrogens is 256 g/mol. The summed E-state index contributed by atoms with van der Waals surface area (Å²) < 4.78 is 0. The zero-order valence-electron chi connectivity index (χ0n) is 11.6. The van der Waals surface area contributed by atoms with Gasteiger partial charge in [-0.1, -0.05) is 12.1 Å². The van der Waals surface area contributed by atoms with Crippen molar-refractivity contribution in [3.05, 3.63) is 29.6 Å². The molecule has 0 bridgehead atoms. The van der Waals surface area contributed by atoms with Crippen LogP contribution in [0.4, 0.5) is 0 Å². The smallest absolute Gasteiger partial charge is 0.272 e. The van der Waals surface area contributed by atoms with E-state index in [-0.39, 0.29) is 11.7 Å². The summed E-state index contributed by atoms with van der Waals surface area (Å²) in [5.41, 5.74) is 6.37. The molecule has 0 spiro atoms. The second-order valence-electron chi connectivity index (χ2n) is 4.97. The molecule has 0 aliphatic carbocycles. The third kappa shape index (κ3) is 2.89. The van der Waals surface area contributed by atoms with E-state index >= 15 is 0 Å². The van der Waals surface area contributed by atoms with Crippen LogP contribution in [-0.4, -0.2) is 39.4 Å². The van der Waals surface area contributed by atoms with Gasteiger partial charge in [-0.15, -0.1) is 0 Å². The Kier molecular flexibility index (Phi) is 4.55. The number of aromatic nitrogens is 1. The van der Waals surface area contributed by atoms with Crippen LogP contribution in [0.3, 0.4) is 0 Å². The van der Waals surface area contributed by atoms with Gasteiger partial charge >= 0.3 is 0 Å². The maximum atomic E-state index is 12.5. The molecule has 0 radical (unpaired) electrons. The van der Waals surface area contributed by atoms with Crippen LogP contribution in [-0.2, 0) is 0 Å². The van der Waals surface area contributed by atoms with Crippen LogP contribution in [0.2, 0.25) is 0 Å². The van der Waals surface area contributed by atoms with E-state index in [9.17, 15) is 4.79 Å². The number of likely N-dealkylation sites (tertiary alicyclic amines) is 1. The van der Waals surface area contributed by atoms with Gasteiger partial charge in [0.1, 0.15) is 5.69 Å². The van der Waals surface area contributed by atoms with Crippen LogP contribution in [0, 0.1) is 0 Å². The summed E-state index contributed by atoms with van der Waals surface area (Å²) in [6, 6.07) is 3.57. The molecule has 1 saturated heterocycles. The van der Waals surface area contributed by atoms with Crippen molar-refractivity contribution in [3.63, 3.8) is 0 Å². The Labute approximate surface area is 118 Å². The number of hydrogen-bond acceptors (Lipinski definition) is 4. The highest BCUT2D eigenvalue weighted by Crippen LogP contribution is 2.21. The fraction of sp³-hybridized carbons (Fsp3) is 0.500. The minimum Gasteiger partial charge on any atom is -0.409 e. The van der Waals surface area contributed by atoms with Gasteiger partial charge in [-0.2, -0.15) is 0 Å². The number of pyridine rings is 1. The molecule has 1 fully saturated rings. The van der Waals surface area contributed by atoms with E-state index in [1.807, 2.05) is 4.90 Å². The van der Waals surface area contributed by atoms with Crippen LogP contribution in [0.25, 0.3) is 0 Å². The minimum atomic E-state index is -0.0393. The van der Waals surface area contributed by atoms with E-state index in [4.69, 9.17) is 10.9 Å². The van der Waals surface area contributed by atoms with Crippen molar-refractivity contribution in [2.24, 2.45) is 10.9 Å². The molecule has 1 aliphatic heterocycles. The lowest BCUT2D eigenvalue weighted by Crippen LogP contribution is -2.43. The van der Waals surface area contributed by atoms with Gasteiger partial charge in [0.05, 0.1) is 0 Å². The molecule has 1 amide bonds. The number of amides is 1. The van der Waals surface area contributed by atoms with Crippen LogP contribution in [0.15, 0.2) is 23.5 Å². The molecule has 2 heterocycles. The van der Waals surface area contributed by atoms with E-state index < -0.39 is 0 Å². The van der Waals surface area contributed by atoms with Gasteiger partial charge in [-0.3, -0.25) is 9.78 Å². The first kappa shape index (κ1) is 14.3. The SMILES string of the molecule is CCC1CCCCN1C(=O)c1ccc(C(N)=NO)cn1. The molecule has 1 aromatic rings. The Morgan fingerprint density at radius 3 is 2.95 bits per heavy atom. The van der Waals surface area contributed by atoms with E-state index in [0.717, 1.165) is 25.8 Å². The van der Waals surface area contributed by atoms with Crippen molar-refractivity contribution < 1.29 is 10.0 Å². The van der Waals surface area contributed by atoms with Crippen molar-refractivity contribution in [3.8, 4) is 0 Å².